The molecule has 1 unspecified atom stereocenters. The van der Waals surface area contributed by atoms with Gasteiger partial charge < -0.3 is 10.2 Å². The monoisotopic (exact) mass is 352 g/mol. The minimum Gasteiger partial charge on any atom is -0.371 e. The topological polar surface area (TPSA) is 15.3 Å². The van der Waals surface area contributed by atoms with Gasteiger partial charge in [0.25, 0.3) is 0 Å². The zero-order valence-corrected chi connectivity index (χ0v) is 15.1. The van der Waals surface area contributed by atoms with Crippen molar-refractivity contribution in [1.82, 2.24) is 5.32 Å². The first-order valence-corrected chi connectivity index (χ1v) is 9.28. The molecule has 0 amide bonds. The lowest BCUT2D eigenvalue weighted by molar-refractivity contribution is 0.459. The molecule has 118 valence electrons. The minimum atomic E-state index is 0.922. The number of anilines is 1. The van der Waals surface area contributed by atoms with Crippen LogP contribution in [-0.4, -0.2) is 19.6 Å². The van der Waals surface area contributed by atoms with E-state index in [0.717, 1.165) is 19.0 Å². The molecule has 1 aromatic rings. The molecule has 1 aromatic carbocycles. The Morgan fingerprint density at radius 1 is 1.24 bits per heavy atom. The van der Waals surface area contributed by atoms with Crippen LogP contribution in [0.2, 0.25) is 0 Å². The highest BCUT2D eigenvalue weighted by Gasteiger charge is 2.17. The average Bonchev–Trinajstić information content (AvgIpc) is 2.73. The SMILES string of the molecule is CCCNCc1ccc(N2CCCC(CC)CC2)c(Br)c1. The van der Waals surface area contributed by atoms with E-state index in [1.54, 1.807) is 0 Å². The molecule has 1 fully saturated rings. The number of halogens is 1. The third-order valence-electron chi connectivity index (χ3n) is 4.53. The van der Waals surface area contributed by atoms with Gasteiger partial charge in [0.05, 0.1) is 5.69 Å². The largest absolute Gasteiger partial charge is 0.371 e. The zero-order chi connectivity index (χ0) is 15.1. The minimum absolute atomic E-state index is 0.922. The van der Waals surface area contributed by atoms with Gasteiger partial charge in [0.15, 0.2) is 0 Å². The van der Waals surface area contributed by atoms with Gasteiger partial charge in [0.2, 0.25) is 0 Å². The Labute approximate surface area is 138 Å². The maximum atomic E-state index is 3.78. The summed E-state index contributed by atoms with van der Waals surface area (Å²) in [5, 5.41) is 3.47. The molecule has 1 saturated heterocycles. The fourth-order valence-electron chi connectivity index (χ4n) is 3.14. The molecule has 0 bridgehead atoms. The highest BCUT2D eigenvalue weighted by atomic mass is 79.9. The Balaban J connectivity index is 1.99. The molecular weight excluding hydrogens is 324 g/mol. The summed E-state index contributed by atoms with van der Waals surface area (Å²) in [6.45, 7) is 8.98. The Hall–Kier alpha value is -0.540. The maximum absolute atomic E-state index is 3.78. The van der Waals surface area contributed by atoms with Crippen LogP contribution in [-0.2, 0) is 6.54 Å². The quantitative estimate of drug-likeness (QED) is 0.727. The smallest absolute Gasteiger partial charge is 0.0510 e. The van der Waals surface area contributed by atoms with E-state index in [2.05, 4.69) is 58.2 Å². The number of benzene rings is 1. The van der Waals surface area contributed by atoms with Gasteiger partial charge in [-0.2, -0.15) is 0 Å². The van der Waals surface area contributed by atoms with Gasteiger partial charge in [0.1, 0.15) is 0 Å². The van der Waals surface area contributed by atoms with E-state index in [1.807, 2.05) is 0 Å². The summed E-state index contributed by atoms with van der Waals surface area (Å²) in [6.07, 6.45) is 6.57. The van der Waals surface area contributed by atoms with Gasteiger partial charge in [-0.1, -0.05) is 26.3 Å². The number of hydrogen-bond donors (Lipinski definition) is 1. The van der Waals surface area contributed by atoms with Gasteiger partial charge in [-0.25, -0.2) is 0 Å². The second-order valence-corrected chi connectivity index (χ2v) is 7.01. The summed E-state index contributed by atoms with van der Waals surface area (Å²) < 4.78 is 1.24. The third kappa shape index (κ3) is 5.00. The summed E-state index contributed by atoms with van der Waals surface area (Å²) in [5.41, 5.74) is 2.73. The molecule has 1 N–H and O–H groups in total. The highest BCUT2D eigenvalue weighted by molar-refractivity contribution is 9.10. The van der Waals surface area contributed by atoms with E-state index in [4.69, 9.17) is 0 Å². The summed E-state index contributed by atoms with van der Waals surface area (Å²) in [7, 11) is 0. The zero-order valence-electron chi connectivity index (χ0n) is 13.5. The Morgan fingerprint density at radius 2 is 2.10 bits per heavy atom. The molecule has 3 heteroatoms. The van der Waals surface area contributed by atoms with Crippen LogP contribution in [0.25, 0.3) is 0 Å². The van der Waals surface area contributed by atoms with Gasteiger partial charge >= 0.3 is 0 Å². The molecule has 1 aliphatic rings. The predicted molar refractivity (Wildman–Crippen MR) is 96.0 cm³/mol. The highest BCUT2D eigenvalue weighted by Crippen LogP contribution is 2.31. The van der Waals surface area contributed by atoms with Crippen molar-refractivity contribution in [3.05, 3.63) is 28.2 Å². The Bertz CT molecular complexity index is 433. The van der Waals surface area contributed by atoms with Crippen LogP contribution < -0.4 is 10.2 Å². The molecule has 0 spiro atoms. The molecule has 0 aromatic heterocycles. The Kier molecular flexibility index (Phi) is 7.05. The maximum Gasteiger partial charge on any atom is 0.0510 e. The molecule has 0 aliphatic carbocycles. The van der Waals surface area contributed by atoms with Crippen molar-refractivity contribution in [3.8, 4) is 0 Å². The number of hydrogen-bond acceptors (Lipinski definition) is 2. The molecule has 1 aliphatic heterocycles. The summed E-state index contributed by atoms with van der Waals surface area (Å²) in [4.78, 5) is 2.56. The molecule has 0 saturated carbocycles. The fourth-order valence-corrected chi connectivity index (χ4v) is 3.82. The van der Waals surface area contributed by atoms with Crippen LogP contribution in [0, 0.1) is 5.92 Å². The van der Waals surface area contributed by atoms with E-state index in [0.29, 0.717) is 0 Å². The van der Waals surface area contributed by atoms with Crippen molar-refractivity contribution in [2.75, 3.05) is 24.5 Å². The summed E-state index contributed by atoms with van der Waals surface area (Å²) >= 11 is 3.78. The van der Waals surface area contributed by atoms with Crippen LogP contribution in [0.3, 0.4) is 0 Å². The van der Waals surface area contributed by atoms with E-state index in [1.165, 1.54) is 60.9 Å². The van der Waals surface area contributed by atoms with E-state index >= 15 is 0 Å². The lowest BCUT2D eigenvalue weighted by atomic mass is 9.98. The first-order valence-electron chi connectivity index (χ1n) is 8.48. The van der Waals surface area contributed by atoms with Crippen molar-refractivity contribution in [1.29, 1.82) is 0 Å². The molecule has 0 radical (unpaired) electrons. The first kappa shape index (κ1) is 16.8. The standard InChI is InChI=1S/C18H29BrN2/c1-3-10-20-14-16-7-8-18(17(19)13-16)21-11-5-6-15(4-2)9-12-21/h7-8,13,15,20H,3-6,9-12,14H2,1-2H3. The lowest BCUT2D eigenvalue weighted by Gasteiger charge is -2.24. The van der Waals surface area contributed by atoms with E-state index < -0.39 is 0 Å². The number of nitrogens with one attached hydrogen (secondary N) is 1. The first-order chi connectivity index (χ1) is 10.2. The van der Waals surface area contributed by atoms with Crippen LogP contribution in [0.5, 0.6) is 0 Å². The summed E-state index contributed by atoms with van der Waals surface area (Å²) in [6, 6.07) is 6.84. The molecular formula is C18H29BrN2. The van der Waals surface area contributed by atoms with Gasteiger partial charge in [-0.05, 0) is 71.8 Å². The van der Waals surface area contributed by atoms with E-state index in [-0.39, 0.29) is 0 Å². The third-order valence-corrected chi connectivity index (χ3v) is 5.17. The molecule has 2 nitrogen and oxygen atoms in total. The predicted octanol–water partition coefficient (Wildman–Crippen LogP) is 4.97. The Morgan fingerprint density at radius 3 is 2.81 bits per heavy atom. The van der Waals surface area contributed by atoms with Crippen molar-refractivity contribution in [2.24, 2.45) is 5.92 Å². The molecule has 1 heterocycles. The van der Waals surface area contributed by atoms with Crippen molar-refractivity contribution in [2.45, 2.75) is 52.5 Å². The number of nitrogens with zero attached hydrogens (tertiary/aromatic N) is 1. The molecule has 1 atom stereocenters. The van der Waals surface area contributed by atoms with Gasteiger partial charge in [0, 0.05) is 24.1 Å². The molecule has 2 rings (SSSR count). The number of rotatable bonds is 6. The van der Waals surface area contributed by atoms with Crippen molar-refractivity contribution >= 4 is 21.6 Å². The fraction of sp³-hybridized carbons (Fsp3) is 0.667. The van der Waals surface area contributed by atoms with Gasteiger partial charge in [-0.15, -0.1) is 0 Å². The van der Waals surface area contributed by atoms with Crippen LogP contribution in [0.15, 0.2) is 22.7 Å². The molecule has 21 heavy (non-hydrogen) atoms. The van der Waals surface area contributed by atoms with Crippen LogP contribution in [0.4, 0.5) is 5.69 Å². The van der Waals surface area contributed by atoms with E-state index in [9.17, 15) is 0 Å². The lowest BCUT2D eigenvalue weighted by Crippen LogP contribution is -2.24. The summed E-state index contributed by atoms with van der Waals surface area (Å²) in [5.74, 6) is 0.922. The average molecular weight is 353 g/mol. The van der Waals surface area contributed by atoms with Crippen LogP contribution >= 0.6 is 15.9 Å². The second-order valence-electron chi connectivity index (χ2n) is 6.15. The van der Waals surface area contributed by atoms with Gasteiger partial charge in [-0.3, -0.25) is 0 Å². The van der Waals surface area contributed by atoms with Crippen LogP contribution in [0.1, 0.15) is 51.5 Å². The normalized spacial score (nSPS) is 19.6. The van der Waals surface area contributed by atoms with Crippen molar-refractivity contribution in [3.63, 3.8) is 0 Å². The van der Waals surface area contributed by atoms with Crippen molar-refractivity contribution < 1.29 is 0 Å². The second kappa shape index (κ2) is 8.79.